The summed E-state index contributed by atoms with van der Waals surface area (Å²) in [7, 11) is 0. The summed E-state index contributed by atoms with van der Waals surface area (Å²) in [5.41, 5.74) is 17.1. The van der Waals surface area contributed by atoms with E-state index in [9.17, 15) is 0 Å². The Morgan fingerprint density at radius 2 is 0.883 bits per heavy atom. The number of nitrogens with zero attached hydrogens (tertiary/aromatic N) is 1. The van der Waals surface area contributed by atoms with Gasteiger partial charge in [0.25, 0.3) is 0 Å². The molecule has 0 N–H and O–H groups in total. The molecular weight excluding hydrogens is 723 g/mol. The zero-order valence-electron chi connectivity index (χ0n) is 35.4. The lowest BCUT2D eigenvalue weighted by atomic mass is 9.68. The average molecular weight is 776 g/mol. The van der Waals surface area contributed by atoms with Crippen LogP contribution in [0.15, 0.2) is 176 Å². The van der Waals surface area contributed by atoms with Crippen LogP contribution in [0.3, 0.4) is 0 Å². The second kappa shape index (κ2) is 15.6. The van der Waals surface area contributed by atoms with Crippen LogP contribution in [0.1, 0.15) is 74.6 Å². The Balaban J connectivity index is 1.23. The lowest BCUT2D eigenvalue weighted by Crippen LogP contribution is -2.26. The highest BCUT2D eigenvalue weighted by Crippen LogP contribution is 2.58. The highest BCUT2D eigenvalue weighted by molar-refractivity contribution is 6.24. The molecule has 0 fully saturated rings. The molecule has 0 aliphatic heterocycles. The molecule has 0 heterocycles. The Kier molecular flexibility index (Phi) is 9.85. The molecule has 1 nitrogen and oxygen atoms in total. The monoisotopic (exact) mass is 775 g/mol. The molecule has 0 unspecified atom stereocenters. The molecule has 0 saturated carbocycles. The van der Waals surface area contributed by atoms with Crippen LogP contribution in [0.25, 0.3) is 65.7 Å². The van der Waals surface area contributed by atoms with E-state index in [4.69, 9.17) is 0 Å². The van der Waals surface area contributed by atoms with Crippen molar-refractivity contribution in [2.24, 2.45) is 0 Å². The third kappa shape index (κ3) is 6.31. The third-order valence-corrected chi connectivity index (χ3v) is 13.3. The van der Waals surface area contributed by atoms with Crippen molar-refractivity contribution < 1.29 is 0 Å². The van der Waals surface area contributed by atoms with Crippen molar-refractivity contribution in [2.75, 3.05) is 4.90 Å². The first-order chi connectivity index (χ1) is 29.5. The van der Waals surface area contributed by atoms with Crippen LogP contribution < -0.4 is 4.90 Å². The number of hydrogen-bond acceptors (Lipinski definition) is 1. The number of unbranched alkanes of at least 4 members (excludes halogenated alkanes) is 2. The predicted octanol–water partition coefficient (Wildman–Crippen LogP) is 17.2. The predicted molar refractivity (Wildman–Crippen MR) is 259 cm³/mol. The maximum atomic E-state index is 2.49. The molecule has 1 aliphatic rings. The van der Waals surface area contributed by atoms with Crippen molar-refractivity contribution in [3.05, 3.63) is 198 Å². The van der Waals surface area contributed by atoms with Crippen LogP contribution in [0, 0.1) is 13.8 Å². The highest BCUT2D eigenvalue weighted by Gasteiger charge is 2.44. The number of benzene rings is 9. The summed E-state index contributed by atoms with van der Waals surface area (Å²) in [5, 5.41) is 7.75. The number of anilines is 3. The SMILES string of the molecule is CCCCC1(CCCC)c2ccccc2-c2cccc(-c3c4ccccc4c(-c4ccc(N(c5ccc(C)cc5)c5ccc(C)cc5)cc4)c4cc5ccccc5cc34)c21. The molecule has 0 spiro atoms. The van der Waals surface area contributed by atoms with Gasteiger partial charge in [0.15, 0.2) is 0 Å². The fourth-order valence-corrected chi connectivity index (χ4v) is 10.4. The summed E-state index contributed by atoms with van der Waals surface area (Å²) in [6.45, 7) is 9.00. The topological polar surface area (TPSA) is 3.24 Å². The minimum atomic E-state index is -0.0336. The molecular formula is C59H53N. The summed E-state index contributed by atoms with van der Waals surface area (Å²) in [6.07, 6.45) is 7.11. The molecule has 9 aromatic rings. The molecule has 1 aliphatic carbocycles. The molecule has 9 aromatic carbocycles. The molecule has 0 amide bonds. The van der Waals surface area contributed by atoms with Crippen molar-refractivity contribution in [3.63, 3.8) is 0 Å². The zero-order chi connectivity index (χ0) is 40.8. The summed E-state index contributed by atoms with van der Waals surface area (Å²) in [5.74, 6) is 0. The minimum absolute atomic E-state index is 0.0336. The summed E-state index contributed by atoms with van der Waals surface area (Å²) < 4.78 is 0. The van der Waals surface area contributed by atoms with Crippen molar-refractivity contribution in [3.8, 4) is 33.4 Å². The maximum absolute atomic E-state index is 2.49. The number of aryl methyl sites for hydroxylation is 2. The largest absolute Gasteiger partial charge is 0.311 e. The van der Waals surface area contributed by atoms with Gasteiger partial charge in [0.1, 0.15) is 0 Å². The molecule has 0 bridgehead atoms. The fourth-order valence-electron chi connectivity index (χ4n) is 10.4. The zero-order valence-corrected chi connectivity index (χ0v) is 35.4. The Bertz CT molecular complexity index is 2950. The molecule has 0 saturated heterocycles. The van der Waals surface area contributed by atoms with E-state index in [1.807, 2.05) is 0 Å². The smallest absolute Gasteiger partial charge is 0.0462 e. The van der Waals surface area contributed by atoms with Crippen LogP contribution in [0.5, 0.6) is 0 Å². The van der Waals surface area contributed by atoms with Gasteiger partial charge in [0, 0.05) is 22.5 Å². The van der Waals surface area contributed by atoms with Crippen LogP contribution in [0.2, 0.25) is 0 Å². The lowest BCUT2D eigenvalue weighted by Gasteiger charge is -2.34. The standard InChI is InChI=1S/C59H53N/c1-5-7-36-59(37-8-6-2)55-23-14-13-18-48(55)51-21-15-22-52(58(51)59)57-50-20-12-11-19-49(50)56(53-38-43-16-9-10-17-44(43)39-54(53)57)42-28-34-47(35-29-42)60(45-30-24-40(3)25-31-45)46-32-26-41(4)27-33-46/h9-35,38-39H,5-8,36-37H2,1-4H3. The normalized spacial score (nSPS) is 12.9. The van der Waals surface area contributed by atoms with Crippen LogP contribution in [0.4, 0.5) is 17.1 Å². The molecule has 0 atom stereocenters. The Hall–Kier alpha value is -6.44. The van der Waals surface area contributed by atoms with E-state index in [1.165, 1.54) is 114 Å². The first-order valence-corrected chi connectivity index (χ1v) is 22.1. The Morgan fingerprint density at radius 3 is 1.47 bits per heavy atom. The van der Waals surface area contributed by atoms with Crippen molar-refractivity contribution in [2.45, 2.75) is 71.6 Å². The first-order valence-electron chi connectivity index (χ1n) is 22.1. The summed E-state index contributed by atoms with van der Waals surface area (Å²) >= 11 is 0. The van der Waals surface area contributed by atoms with Gasteiger partial charge in [-0.2, -0.15) is 0 Å². The van der Waals surface area contributed by atoms with Gasteiger partial charge in [-0.05, 0) is 152 Å². The fraction of sp³-hybridized carbons (Fsp3) is 0.186. The van der Waals surface area contributed by atoms with Crippen LogP contribution in [-0.4, -0.2) is 0 Å². The van der Waals surface area contributed by atoms with Gasteiger partial charge in [0.05, 0.1) is 0 Å². The molecule has 10 rings (SSSR count). The summed E-state index contributed by atoms with van der Waals surface area (Å²) in [6, 6.07) is 66.6. The quantitative estimate of drug-likeness (QED) is 0.118. The number of hydrogen-bond donors (Lipinski definition) is 0. The average Bonchev–Trinajstić information content (AvgIpc) is 3.57. The second-order valence-electron chi connectivity index (χ2n) is 17.2. The molecule has 0 radical (unpaired) electrons. The second-order valence-corrected chi connectivity index (χ2v) is 17.2. The number of fused-ring (bicyclic) bond motifs is 6. The highest BCUT2D eigenvalue weighted by atomic mass is 15.1. The van der Waals surface area contributed by atoms with Crippen molar-refractivity contribution in [1.29, 1.82) is 0 Å². The van der Waals surface area contributed by atoms with E-state index in [2.05, 4.69) is 209 Å². The minimum Gasteiger partial charge on any atom is -0.311 e. The molecule has 294 valence electrons. The van der Waals surface area contributed by atoms with Gasteiger partial charge in [-0.1, -0.05) is 178 Å². The van der Waals surface area contributed by atoms with Crippen molar-refractivity contribution in [1.82, 2.24) is 0 Å². The van der Waals surface area contributed by atoms with Gasteiger partial charge >= 0.3 is 0 Å². The van der Waals surface area contributed by atoms with E-state index < -0.39 is 0 Å². The van der Waals surface area contributed by atoms with E-state index >= 15 is 0 Å². The first kappa shape index (κ1) is 37.8. The summed E-state index contributed by atoms with van der Waals surface area (Å²) in [4.78, 5) is 2.37. The van der Waals surface area contributed by atoms with Crippen molar-refractivity contribution >= 4 is 49.4 Å². The van der Waals surface area contributed by atoms with E-state index in [0.717, 1.165) is 29.9 Å². The van der Waals surface area contributed by atoms with Crippen LogP contribution >= 0.6 is 0 Å². The van der Waals surface area contributed by atoms with Crippen LogP contribution in [-0.2, 0) is 5.41 Å². The van der Waals surface area contributed by atoms with Gasteiger partial charge in [-0.25, -0.2) is 0 Å². The third-order valence-electron chi connectivity index (χ3n) is 13.3. The lowest BCUT2D eigenvalue weighted by molar-refractivity contribution is 0.415. The maximum Gasteiger partial charge on any atom is 0.0462 e. The van der Waals surface area contributed by atoms with E-state index in [1.54, 1.807) is 0 Å². The molecule has 0 aromatic heterocycles. The van der Waals surface area contributed by atoms with Gasteiger partial charge in [-0.15, -0.1) is 0 Å². The molecule has 1 heteroatoms. The molecule has 60 heavy (non-hydrogen) atoms. The Labute approximate surface area is 356 Å². The van der Waals surface area contributed by atoms with Gasteiger partial charge in [-0.3, -0.25) is 0 Å². The van der Waals surface area contributed by atoms with Gasteiger partial charge < -0.3 is 4.90 Å². The number of rotatable bonds is 11. The van der Waals surface area contributed by atoms with E-state index in [-0.39, 0.29) is 5.41 Å². The van der Waals surface area contributed by atoms with Gasteiger partial charge in [0.2, 0.25) is 0 Å². The van der Waals surface area contributed by atoms with E-state index in [0.29, 0.717) is 0 Å². The Morgan fingerprint density at radius 1 is 0.417 bits per heavy atom.